The number of allylic oxidation sites excluding steroid dienone is 2. The number of hydrogen-bond acceptors (Lipinski definition) is 2. The number of nitrogen functional groups attached to an aromatic ring is 1. The van der Waals surface area contributed by atoms with Crippen LogP contribution >= 0.6 is 0 Å². The SMILES string of the molecule is NC(=NC=Cc1ccc(N)cc1)c1ccc(C=CC=Cc2ccccc2)cc1. The Morgan fingerprint density at radius 2 is 1.18 bits per heavy atom. The molecule has 138 valence electrons. The van der Waals surface area contributed by atoms with E-state index in [9.17, 15) is 0 Å². The molecule has 3 heteroatoms. The summed E-state index contributed by atoms with van der Waals surface area (Å²) in [6, 6.07) is 25.8. The van der Waals surface area contributed by atoms with Crippen LogP contribution in [0.25, 0.3) is 18.2 Å². The Bertz CT molecular complexity index is 994. The van der Waals surface area contributed by atoms with Gasteiger partial charge >= 0.3 is 0 Å². The van der Waals surface area contributed by atoms with Gasteiger partial charge in [-0.05, 0) is 34.9 Å². The maximum Gasteiger partial charge on any atom is 0.130 e. The Morgan fingerprint density at radius 1 is 0.643 bits per heavy atom. The lowest BCUT2D eigenvalue weighted by molar-refractivity contribution is 1.47. The van der Waals surface area contributed by atoms with Crippen molar-refractivity contribution >= 4 is 29.8 Å². The van der Waals surface area contributed by atoms with Gasteiger partial charge in [0.25, 0.3) is 0 Å². The van der Waals surface area contributed by atoms with Crippen LogP contribution < -0.4 is 11.5 Å². The third-order valence-electron chi connectivity index (χ3n) is 4.11. The molecule has 3 rings (SSSR count). The predicted octanol–water partition coefficient (Wildman–Crippen LogP) is 5.37. The van der Waals surface area contributed by atoms with Crippen LogP contribution in [0.1, 0.15) is 22.3 Å². The second kappa shape index (κ2) is 9.74. The van der Waals surface area contributed by atoms with Crippen LogP contribution in [-0.2, 0) is 0 Å². The van der Waals surface area contributed by atoms with Crippen LogP contribution in [0.4, 0.5) is 5.69 Å². The lowest BCUT2D eigenvalue weighted by Gasteiger charge is -2.00. The highest BCUT2D eigenvalue weighted by Crippen LogP contribution is 2.09. The van der Waals surface area contributed by atoms with Gasteiger partial charge < -0.3 is 11.5 Å². The molecule has 0 aliphatic rings. The molecular formula is C25H23N3. The van der Waals surface area contributed by atoms with Gasteiger partial charge in [-0.1, -0.05) is 91.0 Å². The normalized spacial score (nSPS) is 12.4. The lowest BCUT2D eigenvalue weighted by Crippen LogP contribution is -2.12. The number of amidine groups is 1. The first-order valence-corrected chi connectivity index (χ1v) is 9.06. The summed E-state index contributed by atoms with van der Waals surface area (Å²) in [7, 11) is 0. The molecule has 0 atom stereocenters. The van der Waals surface area contributed by atoms with Gasteiger partial charge in [0.15, 0.2) is 0 Å². The Hall–Kier alpha value is -3.85. The highest BCUT2D eigenvalue weighted by atomic mass is 14.8. The maximum atomic E-state index is 6.07. The fourth-order valence-electron chi connectivity index (χ4n) is 2.55. The summed E-state index contributed by atoms with van der Waals surface area (Å²) in [6.07, 6.45) is 11.8. The Balaban J connectivity index is 1.59. The molecule has 3 nitrogen and oxygen atoms in total. The Morgan fingerprint density at radius 3 is 1.82 bits per heavy atom. The largest absolute Gasteiger partial charge is 0.399 e. The van der Waals surface area contributed by atoms with Crippen LogP contribution in [0.2, 0.25) is 0 Å². The van der Waals surface area contributed by atoms with Gasteiger partial charge in [-0.15, -0.1) is 0 Å². The summed E-state index contributed by atoms with van der Waals surface area (Å²) in [4.78, 5) is 4.30. The van der Waals surface area contributed by atoms with Crippen molar-refractivity contribution in [2.75, 3.05) is 5.73 Å². The number of hydrogen-bond donors (Lipinski definition) is 2. The second-order valence-electron chi connectivity index (χ2n) is 6.25. The smallest absolute Gasteiger partial charge is 0.130 e. The number of anilines is 1. The summed E-state index contributed by atoms with van der Waals surface area (Å²) in [5, 5.41) is 0. The summed E-state index contributed by atoms with van der Waals surface area (Å²) >= 11 is 0. The molecule has 0 heterocycles. The van der Waals surface area contributed by atoms with Gasteiger partial charge in [0.1, 0.15) is 5.84 Å². The monoisotopic (exact) mass is 365 g/mol. The van der Waals surface area contributed by atoms with E-state index in [-0.39, 0.29) is 0 Å². The van der Waals surface area contributed by atoms with E-state index in [1.165, 1.54) is 5.56 Å². The van der Waals surface area contributed by atoms with E-state index in [4.69, 9.17) is 11.5 Å². The second-order valence-corrected chi connectivity index (χ2v) is 6.25. The molecular weight excluding hydrogens is 342 g/mol. The van der Waals surface area contributed by atoms with Crippen molar-refractivity contribution in [1.29, 1.82) is 0 Å². The van der Waals surface area contributed by atoms with Crippen molar-refractivity contribution in [3.63, 3.8) is 0 Å². The van der Waals surface area contributed by atoms with Crippen molar-refractivity contribution in [1.82, 2.24) is 0 Å². The number of rotatable bonds is 6. The van der Waals surface area contributed by atoms with Gasteiger partial charge in [0.05, 0.1) is 0 Å². The molecule has 0 unspecified atom stereocenters. The summed E-state index contributed by atoms with van der Waals surface area (Å²) in [6.45, 7) is 0. The Labute approximate surface area is 166 Å². The molecule has 0 aliphatic carbocycles. The highest BCUT2D eigenvalue weighted by molar-refractivity contribution is 5.98. The van der Waals surface area contributed by atoms with Crippen molar-refractivity contribution in [3.8, 4) is 0 Å². The number of benzene rings is 3. The molecule has 28 heavy (non-hydrogen) atoms. The predicted molar refractivity (Wildman–Crippen MR) is 122 cm³/mol. The van der Waals surface area contributed by atoms with E-state index in [1.54, 1.807) is 6.20 Å². The minimum Gasteiger partial charge on any atom is -0.399 e. The molecule has 0 amide bonds. The summed E-state index contributed by atoms with van der Waals surface area (Å²) in [5.41, 5.74) is 16.7. The van der Waals surface area contributed by atoms with Crippen LogP contribution in [0.15, 0.2) is 102 Å². The van der Waals surface area contributed by atoms with E-state index in [0.717, 1.165) is 22.4 Å². The van der Waals surface area contributed by atoms with Gasteiger partial charge in [-0.25, -0.2) is 4.99 Å². The van der Waals surface area contributed by atoms with E-state index >= 15 is 0 Å². The van der Waals surface area contributed by atoms with Crippen LogP contribution in [0.3, 0.4) is 0 Å². The van der Waals surface area contributed by atoms with Crippen LogP contribution in [-0.4, -0.2) is 5.84 Å². The topological polar surface area (TPSA) is 64.4 Å². The van der Waals surface area contributed by atoms with Crippen LogP contribution in [0.5, 0.6) is 0 Å². The fourth-order valence-corrected chi connectivity index (χ4v) is 2.55. The fraction of sp³-hybridized carbons (Fsp3) is 0. The molecule has 3 aromatic rings. The number of aliphatic imine (C=N–C) groups is 1. The molecule has 0 fully saturated rings. The highest BCUT2D eigenvalue weighted by Gasteiger charge is 1.96. The third-order valence-corrected chi connectivity index (χ3v) is 4.11. The average Bonchev–Trinajstić information content (AvgIpc) is 2.74. The first-order valence-electron chi connectivity index (χ1n) is 9.06. The summed E-state index contributed by atoms with van der Waals surface area (Å²) < 4.78 is 0. The maximum absolute atomic E-state index is 6.07. The van der Waals surface area contributed by atoms with Gasteiger partial charge in [-0.2, -0.15) is 0 Å². The lowest BCUT2D eigenvalue weighted by atomic mass is 10.1. The first kappa shape index (κ1) is 18.9. The first-order chi connectivity index (χ1) is 13.7. The zero-order chi connectivity index (χ0) is 19.6. The standard InChI is InChI=1S/C25H23N3/c26-24-16-12-22(13-17-24)18-19-28-25(27)23-14-10-21(11-15-23)9-5-4-8-20-6-2-1-3-7-20/h1-19H,26H2,(H2,27,28). The van der Waals surface area contributed by atoms with E-state index in [0.29, 0.717) is 5.84 Å². The molecule has 0 saturated carbocycles. The zero-order valence-corrected chi connectivity index (χ0v) is 15.6. The van der Waals surface area contributed by atoms with Crippen molar-refractivity contribution in [3.05, 3.63) is 119 Å². The van der Waals surface area contributed by atoms with Crippen molar-refractivity contribution < 1.29 is 0 Å². The van der Waals surface area contributed by atoms with Gasteiger partial charge in [0.2, 0.25) is 0 Å². The van der Waals surface area contributed by atoms with Crippen LogP contribution in [0, 0.1) is 0 Å². The molecule has 3 aromatic carbocycles. The van der Waals surface area contributed by atoms with E-state index in [1.807, 2.05) is 85.0 Å². The number of nitrogens with zero attached hydrogens (tertiary/aromatic N) is 1. The number of nitrogens with two attached hydrogens (primary N) is 2. The molecule has 0 bridgehead atoms. The molecule has 0 aromatic heterocycles. The molecule has 0 spiro atoms. The molecule has 0 radical (unpaired) electrons. The van der Waals surface area contributed by atoms with E-state index in [2.05, 4.69) is 29.3 Å². The average molecular weight is 365 g/mol. The van der Waals surface area contributed by atoms with Crippen molar-refractivity contribution in [2.45, 2.75) is 0 Å². The molecule has 0 saturated heterocycles. The molecule has 4 N–H and O–H groups in total. The molecule has 0 aliphatic heterocycles. The quantitative estimate of drug-likeness (QED) is 0.267. The minimum absolute atomic E-state index is 0.478. The minimum atomic E-state index is 0.478. The Kier molecular flexibility index (Phi) is 6.58. The van der Waals surface area contributed by atoms with E-state index < -0.39 is 0 Å². The third kappa shape index (κ3) is 5.85. The van der Waals surface area contributed by atoms with Crippen molar-refractivity contribution in [2.24, 2.45) is 10.7 Å². The summed E-state index contributed by atoms with van der Waals surface area (Å²) in [5.74, 6) is 0.478. The van der Waals surface area contributed by atoms with Gasteiger partial charge in [0, 0.05) is 17.5 Å². The zero-order valence-electron chi connectivity index (χ0n) is 15.6. The van der Waals surface area contributed by atoms with Gasteiger partial charge in [-0.3, -0.25) is 0 Å².